The summed E-state index contributed by atoms with van der Waals surface area (Å²) in [7, 11) is 0. The first-order valence-corrected chi connectivity index (χ1v) is 9.14. The SMILES string of the molecule is CC.CC.c1ccc2c(Nc3cccc4ccccc34)cccc2c1. The minimum absolute atomic E-state index is 1.14. The van der Waals surface area contributed by atoms with Gasteiger partial charge in [0.25, 0.3) is 0 Å². The summed E-state index contributed by atoms with van der Waals surface area (Å²) in [5, 5.41) is 8.58. The Morgan fingerprint density at radius 2 is 0.800 bits per heavy atom. The van der Waals surface area contributed by atoms with Gasteiger partial charge in [0.2, 0.25) is 0 Å². The average Bonchev–Trinajstić information content (AvgIpc) is 2.72. The molecule has 0 atom stereocenters. The van der Waals surface area contributed by atoms with Crippen molar-refractivity contribution in [2.24, 2.45) is 0 Å². The van der Waals surface area contributed by atoms with Crippen molar-refractivity contribution in [3.05, 3.63) is 84.9 Å². The topological polar surface area (TPSA) is 12.0 Å². The number of rotatable bonds is 2. The van der Waals surface area contributed by atoms with E-state index in [4.69, 9.17) is 0 Å². The van der Waals surface area contributed by atoms with Crippen molar-refractivity contribution in [1.82, 2.24) is 0 Å². The Hall–Kier alpha value is -2.80. The number of nitrogens with one attached hydrogen (secondary N) is 1. The van der Waals surface area contributed by atoms with E-state index in [-0.39, 0.29) is 0 Å². The summed E-state index contributed by atoms with van der Waals surface area (Å²) in [6.45, 7) is 8.00. The predicted octanol–water partition coefficient (Wildman–Crippen LogP) is 7.79. The van der Waals surface area contributed by atoms with Gasteiger partial charge in [0.05, 0.1) is 0 Å². The zero-order valence-corrected chi connectivity index (χ0v) is 15.6. The molecule has 0 amide bonds. The molecule has 4 rings (SSSR count). The van der Waals surface area contributed by atoms with E-state index in [0.717, 1.165) is 11.4 Å². The monoisotopic (exact) mass is 329 g/mol. The largest absolute Gasteiger partial charge is 0.355 e. The fourth-order valence-corrected chi connectivity index (χ4v) is 2.81. The Kier molecular flexibility index (Phi) is 7.03. The van der Waals surface area contributed by atoms with Crippen LogP contribution in [0, 0.1) is 0 Å². The summed E-state index contributed by atoms with van der Waals surface area (Å²) in [6.07, 6.45) is 0. The lowest BCUT2D eigenvalue weighted by molar-refractivity contribution is 1.50. The van der Waals surface area contributed by atoms with Crippen molar-refractivity contribution < 1.29 is 0 Å². The maximum Gasteiger partial charge on any atom is 0.0464 e. The fourth-order valence-electron chi connectivity index (χ4n) is 2.81. The minimum Gasteiger partial charge on any atom is -0.355 e. The molecule has 25 heavy (non-hydrogen) atoms. The summed E-state index contributed by atoms with van der Waals surface area (Å²) in [6, 6.07) is 29.6. The molecule has 1 N–H and O–H groups in total. The number of hydrogen-bond acceptors (Lipinski definition) is 1. The normalized spacial score (nSPS) is 9.60. The van der Waals surface area contributed by atoms with E-state index in [1.165, 1.54) is 21.5 Å². The van der Waals surface area contributed by atoms with Crippen molar-refractivity contribution in [3.63, 3.8) is 0 Å². The highest BCUT2D eigenvalue weighted by Crippen LogP contribution is 2.30. The second-order valence-corrected chi connectivity index (χ2v) is 5.18. The van der Waals surface area contributed by atoms with Crippen LogP contribution in [-0.2, 0) is 0 Å². The van der Waals surface area contributed by atoms with Crippen molar-refractivity contribution in [1.29, 1.82) is 0 Å². The third-order valence-electron chi connectivity index (χ3n) is 3.85. The van der Waals surface area contributed by atoms with Gasteiger partial charge in [-0.3, -0.25) is 0 Å². The molecule has 4 aromatic rings. The van der Waals surface area contributed by atoms with Crippen LogP contribution >= 0.6 is 0 Å². The third kappa shape index (κ3) is 4.19. The molecule has 0 aliphatic rings. The number of anilines is 2. The van der Waals surface area contributed by atoms with E-state index in [1.54, 1.807) is 0 Å². The maximum atomic E-state index is 3.59. The highest BCUT2D eigenvalue weighted by molar-refractivity contribution is 6.00. The zero-order chi connectivity index (χ0) is 18.1. The maximum absolute atomic E-state index is 3.59. The smallest absolute Gasteiger partial charge is 0.0464 e. The Morgan fingerprint density at radius 1 is 0.440 bits per heavy atom. The quantitative estimate of drug-likeness (QED) is 0.396. The summed E-state index contributed by atoms with van der Waals surface area (Å²) in [5.74, 6) is 0. The van der Waals surface area contributed by atoms with Gasteiger partial charge in [-0.05, 0) is 22.9 Å². The Balaban J connectivity index is 0.000000528. The van der Waals surface area contributed by atoms with Crippen molar-refractivity contribution in [2.45, 2.75) is 27.7 Å². The molecule has 0 heterocycles. The molecule has 0 fully saturated rings. The molecule has 0 unspecified atom stereocenters. The molecule has 0 bridgehead atoms. The van der Waals surface area contributed by atoms with Gasteiger partial charge in [0.1, 0.15) is 0 Å². The first kappa shape index (κ1) is 18.5. The molecule has 4 aromatic carbocycles. The van der Waals surface area contributed by atoms with Crippen LogP contribution in [0.5, 0.6) is 0 Å². The standard InChI is InChI=1S/C20H15N.2C2H6/c1-3-11-17-15(7-1)9-5-13-19(17)21-20-14-6-10-16-8-2-4-12-18(16)20;2*1-2/h1-14,21H;2*1-2H3. The Labute approximate surface area is 151 Å². The van der Waals surface area contributed by atoms with Gasteiger partial charge in [-0.1, -0.05) is 100 Å². The molecular formula is C24H27N. The summed E-state index contributed by atoms with van der Waals surface area (Å²) >= 11 is 0. The second kappa shape index (κ2) is 9.48. The van der Waals surface area contributed by atoms with Crippen LogP contribution in [0.25, 0.3) is 21.5 Å². The van der Waals surface area contributed by atoms with Crippen LogP contribution in [0.3, 0.4) is 0 Å². The van der Waals surface area contributed by atoms with Gasteiger partial charge in [0, 0.05) is 22.1 Å². The molecule has 0 saturated heterocycles. The van der Waals surface area contributed by atoms with Gasteiger partial charge in [0.15, 0.2) is 0 Å². The van der Waals surface area contributed by atoms with E-state index in [0.29, 0.717) is 0 Å². The molecule has 128 valence electrons. The fraction of sp³-hybridized carbons (Fsp3) is 0.167. The van der Waals surface area contributed by atoms with Crippen LogP contribution in [0.1, 0.15) is 27.7 Å². The lowest BCUT2D eigenvalue weighted by Gasteiger charge is -2.12. The van der Waals surface area contributed by atoms with Crippen LogP contribution in [0.2, 0.25) is 0 Å². The third-order valence-corrected chi connectivity index (χ3v) is 3.85. The lowest BCUT2D eigenvalue weighted by atomic mass is 10.1. The first-order valence-electron chi connectivity index (χ1n) is 9.14. The molecule has 0 aliphatic carbocycles. The van der Waals surface area contributed by atoms with Crippen LogP contribution < -0.4 is 5.32 Å². The molecule has 0 radical (unpaired) electrons. The van der Waals surface area contributed by atoms with Gasteiger partial charge in [-0.25, -0.2) is 0 Å². The average molecular weight is 329 g/mol. The van der Waals surface area contributed by atoms with E-state index < -0.39 is 0 Å². The number of fused-ring (bicyclic) bond motifs is 2. The minimum atomic E-state index is 1.14. The van der Waals surface area contributed by atoms with Gasteiger partial charge >= 0.3 is 0 Å². The lowest BCUT2D eigenvalue weighted by Crippen LogP contribution is -1.92. The predicted molar refractivity (Wildman–Crippen MR) is 114 cm³/mol. The molecule has 1 heteroatoms. The van der Waals surface area contributed by atoms with E-state index in [2.05, 4.69) is 90.2 Å². The Morgan fingerprint density at radius 3 is 1.24 bits per heavy atom. The molecule has 0 aromatic heterocycles. The Bertz CT molecular complexity index is 837. The van der Waals surface area contributed by atoms with E-state index in [1.807, 2.05) is 27.7 Å². The van der Waals surface area contributed by atoms with Crippen LogP contribution in [0.15, 0.2) is 84.9 Å². The molecular weight excluding hydrogens is 302 g/mol. The second-order valence-electron chi connectivity index (χ2n) is 5.18. The summed E-state index contributed by atoms with van der Waals surface area (Å²) in [5.41, 5.74) is 2.29. The van der Waals surface area contributed by atoms with Gasteiger partial charge < -0.3 is 5.32 Å². The molecule has 1 nitrogen and oxygen atoms in total. The van der Waals surface area contributed by atoms with E-state index >= 15 is 0 Å². The molecule has 0 spiro atoms. The van der Waals surface area contributed by atoms with Crippen molar-refractivity contribution in [2.75, 3.05) is 5.32 Å². The molecule has 0 aliphatic heterocycles. The zero-order valence-electron chi connectivity index (χ0n) is 15.6. The summed E-state index contributed by atoms with van der Waals surface area (Å²) < 4.78 is 0. The summed E-state index contributed by atoms with van der Waals surface area (Å²) in [4.78, 5) is 0. The molecule has 0 saturated carbocycles. The van der Waals surface area contributed by atoms with Crippen LogP contribution in [0.4, 0.5) is 11.4 Å². The van der Waals surface area contributed by atoms with E-state index in [9.17, 15) is 0 Å². The first-order chi connectivity index (χ1) is 12.4. The van der Waals surface area contributed by atoms with Gasteiger partial charge in [-0.2, -0.15) is 0 Å². The number of hydrogen-bond donors (Lipinski definition) is 1. The van der Waals surface area contributed by atoms with Gasteiger partial charge in [-0.15, -0.1) is 0 Å². The van der Waals surface area contributed by atoms with Crippen molar-refractivity contribution in [3.8, 4) is 0 Å². The van der Waals surface area contributed by atoms with Crippen molar-refractivity contribution >= 4 is 32.9 Å². The highest BCUT2D eigenvalue weighted by atomic mass is 14.9. The van der Waals surface area contributed by atoms with Crippen LogP contribution in [-0.4, -0.2) is 0 Å². The number of benzene rings is 4. The highest BCUT2D eigenvalue weighted by Gasteiger charge is 2.03.